The van der Waals surface area contributed by atoms with E-state index < -0.39 is 5.91 Å². The van der Waals surface area contributed by atoms with E-state index in [4.69, 9.17) is 17.3 Å². The molecular formula is C23H29ClN4O2S. The Labute approximate surface area is 192 Å². The van der Waals surface area contributed by atoms with Crippen LogP contribution in [0.25, 0.3) is 0 Å². The van der Waals surface area contributed by atoms with Crippen LogP contribution in [0.15, 0.2) is 24.3 Å². The Morgan fingerprint density at radius 2 is 1.84 bits per heavy atom. The van der Waals surface area contributed by atoms with Crippen molar-refractivity contribution in [3.8, 4) is 0 Å². The largest absolute Gasteiger partial charge is 0.365 e. The predicted octanol–water partition coefficient (Wildman–Crippen LogP) is 3.38. The molecular weight excluding hydrogens is 432 g/mol. The third-order valence-electron chi connectivity index (χ3n) is 6.16. The molecule has 1 aromatic carbocycles. The number of amides is 2. The number of halogens is 1. The Balaban J connectivity index is 1.31. The fourth-order valence-electron chi connectivity index (χ4n) is 4.42. The minimum absolute atomic E-state index is 0.0831. The second kappa shape index (κ2) is 9.69. The van der Waals surface area contributed by atoms with Gasteiger partial charge in [-0.3, -0.25) is 19.4 Å². The lowest BCUT2D eigenvalue weighted by atomic mass is 9.88. The van der Waals surface area contributed by atoms with E-state index in [1.54, 1.807) is 0 Å². The van der Waals surface area contributed by atoms with E-state index in [0.717, 1.165) is 62.6 Å². The summed E-state index contributed by atoms with van der Waals surface area (Å²) in [4.78, 5) is 30.5. The van der Waals surface area contributed by atoms with Crippen LogP contribution in [0.4, 0.5) is 5.00 Å². The number of carbonyl (C=O) groups is 2. The summed E-state index contributed by atoms with van der Waals surface area (Å²) < 4.78 is 0. The van der Waals surface area contributed by atoms with Gasteiger partial charge in [0.2, 0.25) is 5.91 Å². The first-order chi connectivity index (χ1) is 14.9. The van der Waals surface area contributed by atoms with Crippen LogP contribution in [0.2, 0.25) is 5.02 Å². The maximum atomic E-state index is 12.7. The van der Waals surface area contributed by atoms with Crippen molar-refractivity contribution in [3.05, 3.63) is 50.9 Å². The lowest BCUT2D eigenvalue weighted by Crippen LogP contribution is -2.48. The van der Waals surface area contributed by atoms with E-state index in [1.165, 1.54) is 21.8 Å². The molecule has 1 atom stereocenters. The lowest BCUT2D eigenvalue weighted by molar-refractivity contribution is -0.117. The number of nitrogens with one attached hydrogen (secondary N) is 1. The normalized spacial score (nSPS) is 19.7. The summed E-state index contributed by atoms with van der Waals surface area (Å²) >= 11 is 7.48. The van der Waals surface area contributed by atoms with Crippen LogP contribution in [0.3, 0.4) is 0 Å². The van der Waals surface area contributed by atoms with Gasteiger partial charge < -0.3 is 11.1 Å². The van der Waals surface area contributed by atoms with Gasteiger partial charge in [0.15, 0.2) is 0 Å². The number of carbonyl (C=O) groups excluding carboxylic acids is 2. The average Bonchev–Trinajstić information content (AvgIpc) is 3.08. The minimum Gasteiger partial charge on any atom is -0.365 e. The molecule has 1 unspecified atom stereocenters. The number of anilines is 1. The Hall–Kier alpha value is -1.93. The molecule has 0 bridgehead atoms. The van der Waals surface area contributed by atoms with E-state index in [2.05, 4.69) is 34.2 Å². The highest BCUT2D eigenvalue weighted by Crippen LogP contribution is 2.39. The monoisotopic (exact) mass is 460 g/mol. The van der Waals surface area contributed by atoms with Crippen molar-refractivity contribution in [2.75, 3.05) is 38.0 Å². The molecule has 1 aromatic heterocycles. The summed E-state index contributed by atoms with van der Waals surface area (Å²) in [7, 11) is 0. The molecule has 8 heteroatoms. The predicted molar refractivity (Wildman–Crippen MR) is 126 cm³/mol. The van der Waals surface area contributed by atoms with Crippen molar-refractivity contribution < 1.29 is 9.59 Å². The van der Waals surface area contributed by atoms with Crippen LogP contribution in [-0.2, 0) is 24.2 Å². The van der Waals surface area contributed by atoms with Crippen molar-refractivity contribution in [2.45, 2.75) is 32.7 Å². The van der Waals surface area contributed by atoms with Gasteiger partial charge in [0.05, 0.1) is 12.1 Å². The van der Waals surface area contributed by atoms with Crippen LogP contribution in [0.5, 0.6) is 0 Å². The first kappa shape index (κ1) is 22.3. The molecule has 1 fully saturated rings. The van der Waals surface area contributed by atoms with Gasteiger partial charge >= 0.3 is 0 Å². The molecule has 6 nitrogen and oxygen atoms in total. The summed E-state index contributed by atoms with van der Waals surface area (Å²) in [6.45, 7) is 6.92. The number of rotatable bonds is 6. The molecule has 2 heterocycles. The van der Waals surface area contributed by atoms with Crippen molar-refractivity contribution in [2.24, 2.45) is 11.7 Å². The van der Waals surface area contributed by atoms with Crippen LogP contribution < -0.4 is 11.1 Å². The van der Waals surface area contributed by atoms with Crippen molar-refractivity contribution in [3.63, 3.8) is 0 Å². The molecule has 0 saturated carbocycles. The molecule has 1 aliphatic carbocycles. The highest BCUT2D eigenvalue weighted by atomic mass is 35.5. The number of benzene rings is 1. The molecule has 166 valence electrons. The zero-order chi connectivity index (χ0) is 22.0. The number of hydrogen-bond donors (Lipinski definition) is 2. The Bertz CT molecular complexity index is 951. The SMILES string of the molecule is CC1CCc2c(sc(NC(=O)CN3CCN(Cc4ccc(Cl)cc4)CC3)c2C(N)=O)C1. The molecule has 3 N–H and O–H groups in total. The Morgan fingerprint density at radius 3 is 2.52 bits per heavy atom. The average molecular weight is 461 g/mol. The smallest absolute Gasteiger partial charge is 0.251 e. The summed E-state index contributed by atoms with van der Waals surface area (Å²) in [5.41, 5.74) is 8.46. The second-order valence-corrected chi connectivity index (χ2v) is 10.2. The van der Waals surface area contributed by atoms with Gasteiger partial charge in [-0.05, 0) is 48.4 Å². The number of nitrogens with zero attached hydrogens (tertiary/aromatic N) is 2. The van der Waals surface area contributed by atoms with Gasteiger partial charge in [0.1, 0.15) is 5.00 Å². The Morgan fingerprint density at radius 1 is 1.16 bits per heavy atom. The number of nitrogens with two attached hydrogens (primary N) is 1. The summed E-state index contributed by atoms with van der Waals surface area (Å²) in [6, 6.07) is 7.95. The maximum Gasteiger partial charge on any atom is 0.251 e. The highest BCUT2D eigenvalue weighted by molar-refractivity contribution is 7.17. The summed E-state index contributed by atoms with van der Waals surface area (Å²) in [5, 5.41) is 4.35. The Kier molecular flexibility index (Phi) is 6.96. The van der Waals surface area contributed by atoms with Crippen molar-refractivity contribution in [1.29, 1.82) is 0 Å². The van der Waals surface area contributed by atoms with Crippen LogP contribution in [-0.4, -0.2) is 54.3 Å². The fourth-order valence-corrected chi connectivity index (χ4v) is 5.98. The molecule has 4 rings (SSSR count). The highest BCUT2D eigenvalue weighted by Gasteiger charge is 2.28. The molecule has 2 amide bonds. The van der Waals surface area contributed by atoms with Gasteiger partial charge in [-0.1, -0.05) is 30.7 Å². The summed E-state index contributed by atoms with van der Waals surface area (Å²) in [5.74, 6) is 0.0676. The molecule has 1 aliphatic heterocycles. The van der Waals surface area contributed by atoms with Crippen molar-refractivity contribution >= 4 is 39.8 Å². The summed E-state index contributed by atoms with van der Waals surface area (Å²) in [6.07, 6.45) is 2.86. The van der Waals surface area contributed by atoms with Gasteiger partial charge in [-0.25, -0.2) is 0 Å². The van der Waals surface area contributed by atoms with E-state index in [0.29, 0.717) is 23.0 Å². The van der Waals surface area contributed by atoms with E-state index in [1.807, 2.05) is 12.1 Å². The van der Waals surface area contributed by atoms with Gasteiger partial charge in [-0.2, -0.15) is 0 Å². The lowest BCUT2D eigenvalue weighted by Gasteiger charge is -2.34. The van der Waals surface area contributed by atoms with Gasteiger partial charge in [0.25, 0.3) is 5.91 Å². The zero-order valence-electron chi connectivity index (χ0n) is 17.8. The van der Waals surface area contributed by atoms with Gasteiger partial charge in [-0.15, -0.1) is 11.3 Å². The number of primary amides is 1. The molecule has 31 heavy (non-hydrogen) atoms. The molecule has 2 aliphatic rings. The van der Waals surface area contributed by atoms with E-state index in [-0.39, 0.29) is 5.91 Å². The zero-order valence-corrected chi connectivity index (χ0v) is 19.4. The standard InChI is InChI=1S/C23H29ClN4O2S/c1-15-2-7-18-19(12-15)31-23(21(18)22(25)30)26-20(29)14-28-10-8-27(9-11-28)13-16-3-5-17(24)6-4-16/h3-6,15H,2,7-14H2,1H3,(H2,25,30)(H,26,29). The quantitative estimate of drug-likeness (QED) is 0.692. The number of thiophene rings is 1. The molecule has 0 spiro atoms. The topological polar surface area (TPSA) is 78.7 Å². The van der Waals surface area contributed by atoms with Crippen molar-refractivity contribution in [1.82, 2.24) is 9.80 Å². The maximum absolute atomic E-state index is 12.7. The molecule has 1 saturated heterocycles. The van der Waals surface area contributed by atoms with Gasteiger partial charge in [0, 0.05) is 42.6 Å². The van der Waals surface area contributed by atoms with Crippen LogP contribution in [0.1, 0.15) is 39.7 Å². The molecule has 0 radical (unpaired) electrons. The first-order valence-electron chi connectivity index (χ1n) is 10.8. The fraction of sp³-hybridized carbons (Fsp3) is 0.478. The minimum atomic E-state index is -0.446. The van der Waals surface area contributed by atoms with E-state index in [9.17, 15) is 9.59 Å². The third-order valence-corrected chi connectivity index (χ3v) is 7.58. The third kappa shape index (κ3) is 5.47. The molecule has 2 aromatic rings. The van der Waals surface area contributed by atoms with E-state index >= 15 is 0 Å². The second-order valence-electron chi connectivity index (χ2n) is 8.65. The number of fused-ring (bicyclic) bond motifs is 1. The van der Waals surface area contributed by atoms with Crippen LogP contribution in [0, 0.1) is 5.92 Å². The number of hydrogen-bond acceptors (Lipinski definition) is 5. The first-order valence-corrected chi connectivity index (χ1v) is 12.0. The number of piperazine rings is 1. The van der Waals surface area contributed by atoms with Crippen LogP contribution >= 0.6 is 22.9 Å².